The lowest BCUT2D eigenvalue weighted by Crippen LogP contribution is -2.55. The quantitative estimate of drug-likeness (QED) is 0.431. The third-order valence-corrected chi connectivity index (χ3v) is 10.9. The molecule has 0 unspecified atom stereocenters. The first kappa shape index (κ1) is 25.6. The highest BCUT2D eigenvalue weighted by Gasteiger charge is 2.39. The maximum atomic E-state index is 13.2. The van der Waals surface area contributed by atoms with Gasteiger partial charge in [0, 0.05) is 25.7 Å². The maximum absolute atomic E-state index is 13.2. The third kappa shape index (κ3) is 4.94. The van der Waals surface area contributed by atoms with Crippen LogP contribution in [0.25, 0.3) is 0 Å². The van der Waals surface area contributed by atoms with Gasteiger partial charge in [-0.2, -0.15) is 8.61 Å². The minimum atomic E-state index is -4.06. The van der Waals surface area contributed by atoms with E-state index >= 15 is 0 Å². The summed E-state index contributed by atoms with van der Waals surface area (Å²) in [6, 6.07) is 4.13. The Morgan fingerprint density at radius 1 is 0.677 bits per heavy atom. The normalized spacial score (nSPS) is 19.0. The van der Waals surface area contributed by atoms with Crippen LogP contribution in [0, 0.1) is 0 Å². The van der Waals surface area contributed by atoms with E-state index in [9.17, 15) is 16.8 Å². The number of halogens is 6. The molecule has 1 saturated heterocycles. The molecule has 1 heterocycles. The van der Waals surface area contributed by atoms with Crippen LogP contribution in [-0.4, -0.2) is 51.1 Å². The standard InChI is InChI=1S/C17H14Cl6N2O4S2/c1-9-8-24(30(26,27)16-6-12(20)10(18)4-14(16)22)2-3-25(9)31(28,29)17-7-13(21)11(19)5-15(17)23/h4-7,9H,2-3,8H2,1H3/t9-/m0/s1. The van der Waals surface area contributed by atoms with Crippen LogP contribution in [0.2, 0.25) is 30.1 Å². The fraction of sp³-hybridized carbons (Fsp3) is 0.294. The van der Waals surface area contributed by atoms with Gasteiger partial charge in [-0.25, -0.2) is 16.8 Å². The Bertz CT molecular complexity index is 1250. The zero-order valence-corrected chi connectivity index (χ0v) is 21.8. The van der Waals surface area contributed by atoms with Crippen molar-refractivity contribution in [2.24, 2.45) is 0 Å². The highest BCUT2D eigenvalue weighted by molar-refractivity contribution is 7.89. The molecule has 0 amide bonds. The predicted molar refractivity (Wildman–Crippen MR) is 125 cm³/mol. The molecule has 14 heteroatoms. The molecule has 2 aromatic rings. The van der Waals surface area contributed by atoms with E-state index in [1.54, 1.807) is 6.92 Å². The molecular formula is C17H14Cl6N2O4S2. The molecule has 1 atom stereocenters. The lowest BCUT2D eigenvalue weighted by molar-refractivity contribution is 0.212. The van der Waals surface area contributed by atoms with Gasteiger partial charge in [-0.3, -0.25) is 0 Å². The van der Waals surface area contributed by atoms with Crippen molar-refractivity contribution < 1.29 is 16.8 Å². The molecular weight excluding hydrogens is 573 g/mol. The Kier molecular flexibility index (Phi) is 7.71. The van der Waals surface area contributed by atoms with E-state index in [1.165, 1.54) is 28.6 Å². The van der Waals surface area contributed by atoms with E-state index in [-0.39, 0.29) is 59.6 Å². The van der Waals surface area contributed by atoms with Crippen LogP contribution in [0.5, 0.6) is 0 Å². The molecule has 3 rings (SSSR count). The predicted octanol–water partition coefficient (Wildman–Crippen LogP) is 5.69. The van der Waals surface area contributed by atoms with Gasteiger partial charge in [0.25, 0.3) is 0 Å². The lowest BCUT2D eigenvalue weighted by atomic mass is 10.3. The lowest BCUT2D eigenvalue weighted by Gasteiger charge is -2.38. The van der Waals surface area contributed by atoms with Gasteiger partial charge >= 0.3 is 0 Å². The van der Waals surface area contributed by atoms with Gasteiger partial charge < -0.3 is 0 Å². The summed E-state index contributed by atoms with van der Waals surface area (Å²) in [5.41, 5.74) is 0. The van der Waals surface area contributed by atoms with Crippen molar-refractivity contribution in [3.05, 3.63) is 54.4 Å². The van der Waals surface area contributed by atoms with Crippen LogP contribution in [0.15, 0.2) is 34.1 Å². The molecule has 1 fully saturated rings. The van der Waals surface area contributed by atoms with Crippen molar-refractivity contribution in [3.8, 4) is 0 Å². The highest BCUT2D eigenvalue weighted by Crippen LogP contribution is 2.36. The summed E-state index contributed by atoms with van der Waals surface area (Å²) >= 11 is 35.8. The Labute approximate surface area is 210 Å². The average molecular weight is 587 g/mol. The van der Waals surface area contributed by atoms with Crippen molar-refractivity contribution >= 4 is 89.7 Å². The fourth-order valence-electron chi connectivity index (χ4n) is 3.15. The second-order valence-corrected chi connectivity index (χ2v) is 12.9. The topological polar surface area (TPSA) is 74.8 Å². The van der Waals surface area contributed by atoms with Crippen molar-refractivity contribution in [1.29, 1.82) is 0 Å². The van der Waals surface area contributed by atoms with Crippen LogP contribution < -0.4 is 0 Å². The summed E-state index contributed by atoms with van der Waals surface area (Å²) in [7, 11) is -8.11. The summed E-state index contributed by atoms with van der Waals surface area (Å²) in [6.45, 7) is 1.25. The summed E-state index contributed by atoms with van der Waals surface area (Å²) in [4.78, 5) is -0.418. The smallest absolute Gasteiger partial charge is 0.207 e. The number of rotatable bonds is 4. The number of piperazine rings is 1. The maximum Gasteiger partial charge on any atom is 0.244 e. The molecule has 1 aliphatic rings. The monoisotopic (exact) mass is 584 g/mol. The molecule has 0 bridgehead atoms. The molecule has 0 saturated carbocycles. The minimum absolute atomic E-state index is 0.0350. The molecule has 0 spiro atoms. The first-order valence-electron chi connectivity index (χ1n) is 8.58. The fourth-order valence-corrected chi connectivity index (χ4v) is 8.23. The van der Waals surface area contributed by atoms with Crippen LogP contribution in [0.1, 0.15) is 6.92 Å². The first-order chi connectivity index (χ1) is 14.3. The van der Waals surface area contributed by atoms with E-state index < -0.39 is 26.1 Å². The van der Waals surface area contributed by atoms with Crippen LogP contribution >= 0.6 is 69.6 Å². The molecule has 0 aromatic heterocycles. The van der Waals surface area contributed by atoms with Crippen molar-refractivity contribution in [2.75, 3.05) is 19.6 Å². The second kappa shape index (κ2) is 9.33. The van der Waals surface area contributed by atoms with E-state index in [0.29, 0.717) is 0 Å². The Morgan fingerprint density at radius 2 is 1.10 bits per heavy atom. The second-order valence-electron chi connectivity index (χ2n) is 6.72. The number of sulfonamides is 2. The van der Waals surface area contributed by atoms with Crippen molar-refractivity contribution in [2.45, 2.75) is 22.8 Å². The molecule has 0 aliphatic carbocycles. The number of benzene rings is 2. The summed E-state index contributed by atoms with van der Waals surface area (Å²) in [5, 5.41) is 0.140. The van der Waals surface area contributed by atoms with Crippen LogP contribution in [0.3, 0.4) is 0 Å². The van der Waals surface area contributed by atoms with E-state index in [2.05, 4.69) is 0 Å². The summed E-state index contributed by atoms with van der Waals surface area (Å²) in [5.74, 6) is 0. The first-order valence-corrected chi connectivity index (χ1v) is 13.7. The summed E-state index contributed by atoms with van der Waals surface area (Å²) in [6.07, 6.45) is 0. The molecule has 6 nitrogen and oxygen atoms in total. The average Bonchev–Trinajstić information content (AvgIpc) is 2.66. The van der Waals surface area contributed by atoms with Gasteiger partial charge in [-0.1, -0.05) is 69.6 Å². The van der Waals surface area contributed by atoms with Crippen molar-refractivity contribution in [1.82, 2.24) is 8.61 Å². The SMILES string of the molecule is C[C@H]1CN(S(=O)(=O)c2cc(Cl)c(Cl)cc2Cl)CCN1S(=O)(=O)c1cc(Cl)c(Cl)cc1Cl. The minimum Gasteiger partial charge on any atom is -0.207 e. The van der Waals surface area contributed by atoms with Gasteiger partial charge in [0.05, 0.1) is 30.1 Å². The van der Waals surface area contributed by atoms with Crippen LogP contribution in [-0.2, 0) is 20.0 Å². The number of nitrogens with zero attached hydrogens (tertiary/aromatic N) is 2. The third-order valence-electron chi connectivity index (χ3n) is 4.68. The van der Waals surface area contributed by atoms with E-state index in [4.69, 9.17) is 69.6 Å². The Hall–Kier alpha value is -0.000000000000000222. The number of hydrogen-bond donors (Lipinski definition) is 0. The summed E-state index contributed by atoms with van der Waals surface area (Å²) < 4.78 is 54.8. The van der Waals surface area contributed by atoms with Crippen LogP contribution in [0.4, 0.5) is 0 Å². The van der Waals surface area contributed by atoms with E-state index in [0.717, 1.165) is 4.31 Å². The Morgan fingerprint density at radius 3 is 1.55 bits per heavy atom. The zero-order valence-electron chi connectivity index (χ0n) is 15.6. The highest BCUT2D eigenvalue weighted by atomic mass is 35.5. The van der Waals surface area contributed by atoms with E-state index in [1.807, 2.05) is 0 Å². The van der Waals surface area contributed by atoms with Gasteiger partial charge in [-0.05, 0) is 31.2 Å². The number of hydrogen-bond acceptors (Lipinski definition) is 4. The molecule has 0 radical (unpaired) electrons. The van der Waals surface area contributed by atoms with Crippen molar-refractivity contribution in [3.63, 3.8) is 0 Å². The Balaban J connectivity index is 1.90. The molecule has 31 heavy (non-hydrogen) atoms. The van der Waals surface area contributed by atoms with Gasteiger partial charge in [0.15, 0.2) is 0 Å². The largest absolute Gasteiger partial charge is 0.244 e. The molecule has 1 aliphatic heterocycles. The zero-order chi connectivity index (χ0) is 23.3. The van der Waals surface area contributed by atoms with Gasteiger partial charge in [0.1, 0.15) is 9.79 Å². The molecule has 2 aromatic carbocycles. The molecule has 0 N–H and O–H groups in total. The molecule has 170 valence electrons. The van der Waals surface area contributed by atoms with Gasteiger partial charge in [-0.15, -0.1) is 0 Å². The van der Waals surface area contributed by atoms with Gasteiger partial charge in [0.2, 0.25) is 20.0 Å².